The topological polar surface area (TPSA) is 108 Å². The van der Waals surface area contributed by atoms with Gasteiger partial charge >= 0.3 is 6.18 Å². The van der Waals surface area contributed by atoms with Crippen LogP contribution in [-0.4, -0.2) is 43.0 Å². The van der Waals surface area contributed by atoms with Crippen molar-refractivity contribution in [3.05, 3.63) is 71.8 Å². The predicted molar refractivity (Wildman–Crippen MR) is 111 cm³/mol. The number of ether oxygens (including phenoxy) is 1. The molecule has 4 aromatic heterocycles. The summed E-state index contributed by atoms with van der Waals surface area (Å²) in [6, 6.07) is 7.46. The van der Waals surface area contributed by atoms with Gasteiger partial charge in [0.15, 0.2) is 5.82 Å². The highest BCUT2D eigenvalue weighted by molar-refractivity contribution is 6.06. The number of anilines is 1. The van der Waals surface area contributed by atoms with Crippen molar-refractivity contribution in [2.45, 2.75) is 13.1 Å². The average Bonchev–Trinajstić information content (AvgIpc) is 3.33. The zero-order chi connectivity index (χ0) is 23.6. The van der Waals surface area contributed by atoms with Crippen LogP contribution >= 0.6 is 0 Å². The van der Waals surface area contributed by atoms with E-state index in [-0.39, 0.29) is 17.1 Å². The van der Waals surface area contributed by atoms with E-state index in [1.54, 1.807) is 18.3 Å². The van der Waals surface area contributed by atoms with Gasteiger partial charge in [-0.3, -0.25) is 9.78 Å². The van der Waals surface area contributed by atoms with Crippen molar-refractivity contribution >= 4 is 11.6 Å². The maximum absolute atomic E-state index is 13.6. The van der Waals surface area contributed by atoms with Crippen LogP contribution in [0.2, 0.25) is 0 Å². The summed E-state index contributed by atoms with van der Waals surface area (Å²) in [7, 11) is 1.34. The molecule has 0 unspecified atom stereocenters. The fourth-order valence-electron chi connectivity index (χ4n) is 3.07. The summed E-state index contributed by atoms with van der Waals surface area (Å²) in [6.07, 6.45) is 0.403. The van der Waals surface area contributed by atoms with Gasteiger partial charge in [0.1, 0.15) is 11.1 Å². The normalized spacial score (nSPS) is 11.3. The summed E-state index contributed by atoms with van der Waals surface area (Å²) < 4.78 is 46.0. The lowest BCUT2D eigenvalue weighted by atomic mass is 10.1. The van der Waals surface area contributed by atoms with Crippen molar-refractivity contribution in [3.8, 4) is 23.1 Å². The fraction of sp³-hybridized carbons (Fsp3) is 0.143. The highest BCUT2D eigenvalue weighted by Gasteiger charge is 2.36. The summed E-state index contributed by atoms with van der Waals surface area (Å²) in [5.41, 5.74) is 0.726. The molecule has 0 aliphatic heterocycles. The van der Waals surface area contributed by atoms with Gasteiger partial charge in [-0.05, 0) is 36.8 Å². The van der Waals surface area contributed by atoms with E-state index in [4.69, 9.17) is 4.74 Å². The average molecular weight is 455 g/mol. The lowest BCUT2D eigenvalue weighted by Gasteiger charge is -2.14. The van der Waals surface area contributed by atoms with Crippen LogP contribution in [0, 0.1) is 6.92 Å². The van der Waals surface area contributed by atoms with Crippen molar-refractivity contribution in [1.29, 1.82) is 0 Å². The van der Waals surface area contributed by atoms with Crippen LogP contribution in [0.5, 0.6) is 5.88 Å². The molecule has 0 fully saturated rings. The van der Waals surface area contributed by atoms with E-state index >= 15 is 0 Å². The molecule has 1 N–H and O–H groups in total. The highest BCUT2D eigenvalue weighted by atomic mass is 19.4. The highest BCUT2D eigenvalue weighted by Crippen LogP contribution is 2.34. The van der Waals surface area contributed by atoms with Crippen LogP contribution in [0.3, 0.4) is 0 Å². The molecule has 33 heavy (non-hydrogen) atoms. The smallest absolute Gasteiger partial charge is 0.420 e. The van der Waals surface area contributed by atoms with E-state index in [1.165, 1.54) is 25.6 Å². The number of rotatable bonds is 5. The molecular formula is C21H16F3N7O2. The van der Waals surface area contributed by atoms with Gasteiger partial charge in [0.2, 0.25) is 5.88 Å². The quantitative estimate of drug-likeness (QED) is 0.489. The lowest BCUT2D eigenvalue weighted by molar-refractivity contribution is -0.137. The molecule has 9 nitrogen and oxygen atoms in total. The molecule has 0 aromatic carbocycles. The maximum Gasteiger partial charge on any atom is 0.420 e. The summed E-state index contributed by atoms with van der Waals surface area (Å²) >= 11 is 0. The first-order valence-corrected chi connectivity index (χ1v) is 9.50. The molecule has 1 amide bonds. The maximum atomic E-state index is 13.6. The summed E-state index contributed by atoms with van der Waals surface area (Å²) in [5.74, 6) is -1.24. The lowest BCUT2D eigenvalue weighted by Crippen LogP contribution is -2.18. The first kappa shape index (κ1) is 21.9. The zero-order valence-electron chi connectivity index (χ0n) is 17.3. The van der Waals surface area contributed by atoms with Gasteiger partial charge in [-0.15, -0.1) is 4.80 Å². The Morgan fingerprint density at radius 3 is 2.52 bits per heavy atom. The number of nitrogens with zero attached hydrogens (tertiary/aromatic N) is 6. The molecule has 0 saturated heterocycles. The molecule has 0 aliphatic rings. The van der Waals surface area contributed by atoms with Gasteiger partial charge in [0.25, 0.3) is 5.91 Å². The molecule has 12 heteroatoms. The SMILES string of the molecule is COc1nc(-c2ncccc2C)ccc1C(=O)Nc1cnc(-n2nccn2)c(C(F)(F)F)c1. The minimum atomic E-state index is -4.75. The Morgan fingerprint density at radius 2 is 1.85 bits per heavy atom. The Labute approximate surface area is 185 Å². The minimum Gasteiger partial charge on any atom is -0.480 e. The number of carbonyl (C=O) groups is 1. The molecular weight excluding hydrogens is 439 g/mol. The predicted octanol–water partition coefficient (Wildman–Crippen LogP) is 3.71. The fourth-order valence-corrected chi connectivity index (χ4v) is 3.07. The van der Waals surface area contributed by atoms with Gasteiger partial charge < -0.3 is 10.1 Å². The minimum absolute atomic E-state index is 0.00332. The Hall–Kier alpha value is -4.35. The van der Waals surface area contributed by atoms with Crippen LogP contribution < -0.4 is 10.1 Å². The third-order valence-corrected chi connectivity index (χ3v) is 4.59. The Balaban J connectivity index is 1.65. The number of aryl methyl sites for hydroxylation is 1. The molecule has 4 heterocycles. The molecule has 0 spiro atoms. The van der Waals surface area contributed by atoms with Gasteiger partial charge in [-0.2, -0.15) is 23.4 Å². The third kappa shape index (κ3) is 4.49. The zero-order valence-corrected chi connectivity index (χ0v) is 17.3. The van der Waals surface area contributed by atoms with Gasteiger partial charge in [-0.25, -0.2) is 9.97 Å². The number of methoxy groups -OCH3 is 1. The third-order valence-electron chi connectivity index (χ3n) is 4.59. The van der Waals surface area contributed by atoms with Crippen molar-refractivity contribution < 1.29 is 22.7 Å². The Bertz CT molecular complexity index is 1310. The molecule has 0 bridgehead atoms. The summed E-state index contributed by atoms with van der Waals surface area (Å²) in [6.45, 7) is 1.87. The van der Waals surface area contributed by atoms with Gasteiger partial charge in [-0.1, -0.05) is 6.07 Å². The van der Waals surface area contributed by atoms with E-state index < -0.39 is 23.5 Å². The summed E-state index contributed by atoms with van der Waals surface area (Å²) in [4.78, 5) is 25.9. The van der Waals surface area contributed by atoms with Crippen LogP contribution in [-0.2, 0) is 6.18 Å². The Morgan fingerprint density at radius 1 is 1.09 bits per heavy atom. The van der Waals surface area contributed by atoms with Crippen molar-refractivity contribution in [1.82, 2.24) is 29.9 Å². The first-order valence-electron chi connectivity index (χ1n) is 9.50. The number of pyridine rings is 3. The number of hydrogen-bond acceptors (Lipinski definition) is 7. The van der Waals surface area contributed by atoms with E-state index in [0.717, 1.165) is 22.6 Å². The second-order valence-corrected chi connectivity index (χ2v) is 6.79. The number of alkyl halides is 3. The standard InChI is InChI=1S/C21H16F3N7O2/c1-12-4-3-7-25-17(12)16-6-5-14(20(30-16)33-2)19(32)29-13-10-15(21(22,23)24)18(26-11-13)31-27-8-9-28-31/h3-11H,1-2H3,(H,29,32). The van der Waals surface area contributed by atoms with E-state index in [0.29, 0.717) is 11.4 Å². The number of hydrogen-bond donors (Lipinski definition) is 1. The monoisotopic (exact) mass is 455 g/mol. The molecule has 4 aromatic rings. The molecule has 4 rings (SSSR count). The van der Waals surface area contributed by atoms with Crippen LogP contribution in [0.25, 0.3) is 17.2 Å². The van der Waals surface area contributed by atoms with Crippen molar-refractivity contribution in [2.75, 3.05) is 12.4 Å². The number of amides is 1. The molecule has 0 saturated carbocycles. The van der Waals surface area contributed by atoms with Crippen LogP contribution in [0.1, 0.15) is 21.5 Å². The summed E-state index contributed by atoms with van der Waals surface area (Å²) in [5, 5.41) is 9.77. The number of nitrogens with one attached hydrogen (secondary N) is 1. The van der Waals surface area contributed by atoms with Gasteiger partial charge in [0, 0.05) is 6.20 Å². The van der Waals surface area contributed by atoms with Crippen LogP contribution in [0.4, 0.5) is 18.9 Å². The molecule has 0 aliphatic carbocycles. The molecule has 0 radical (unpaired) electrons. The van der Waals surface area contributed by atoms with Crippen molar-refractivity contribution in [2.24, 2.45) is 0 Å². The van der Waals surface area contributed by atoms with E-state index in [1.807, 2.05) is 13.0 Å². The number of carbonyl (C=O) groups excluding carboxylic acids is 1. The van der Waals surface area contributed by atoms with Crippen molar-refractivity contribution in [3.63, 3.8) is 0 Å². The number of aromatic nitrogens is 6. The second kappa shape index (κ2) is 8.65. The van der Waals surface area contributed by atoms with Gasteiger partial charge in [0.05, 0.1) is 42.8 Å². The number of halogens is 3. The van der Waals surface area contributed by atoms with Crippen LogP contribution in [0.15, 0.2) is 55.1 Å². The molecule has 168 valence electrons. The van der Waals surface area contributed by atoms with E-state index in [2.05, 4.69) is 30.5 Å². The molecule has 0 atom stereocenters. The largest absolute Gasteiger partial charge is 0.480 e. The second-order valence-electron chi connectivity index (χ2n) is 6.79. The Kier molecular flexibility index (Phi) is 5.73. The van der Waals surface area contributed by atoms with E-state index in [9.17, 15) is 18.0 Å². The first-order chi connectivity index (χ1) is 15.8.